The van der Waals surface area contributed by atoms with Gasteiger partial charge in [-0.3, -0.25) is 4.79 Å². The number of thiazole rings is 1. The molecule has 108 valence electrons. The van der Waals surface area contributed by atoms with Gasteiger partial charge in [0.05, 0.1) is 19.1 Å². The Kier molecular flexibility index (Phi) is 5.74. The van der Waals surface area contributed by atoms with Crippen molar-refractivity contribution in [3.63, 3.8) is 0 Å². The van der Waals surface area contributed by atoms with Gasteiger partial charge in [0.1, 0.15) is 5.01 Å². The first-order valence-electron chi connectivity index (χ1n) is 5.83. The Morgan fingerprint density at radius 1 is 1.53 bits per heavy atom. The molecule has 1 aromatic heterocycles. The summed E-state index contributed by atoms with van der Waals surface area (Å²) in [6.45, 7) is 2.21. The average Bonchev–Trinajstić information content (AvgIpc) is 2.75. The van der Waals surface area contributed by atoms with Crippen molar-refractivity contribution in [3.8, 4) is 0 Å². The van der Waals surface area contributed by atoms with Crippen molar-refractivity contribution in [1.82, 2.24) is 15.6 Å². The van der Waals surface area contributed by atoms with E-state index in [4.69, 9.17) is 0 Å². The SMILES string of the molecule is CCc1cnc(C(C)NC(=O)CNCC(F)(F)F)s1. The summed E-state index contributed by atoms with van der Waals surface area (Å²) >= 11 is 1.48. The number of halogens is 3. The Morgan fingerprint density at radius 3 is 2.74 bits per heavy atom. The number of nitrogens with zero attached hydrogens (tertiary/aromatic N) is 1. The van der Waals surface area contributed by atoms with Crippen LogP contribution in [0.1, 0.15) is 29.8 Å². The number of hydrogen-bond donors (Lipinski definition) is 2. The number of hydrogen-bond acceptors (Lipinski definition) is 4. The number of carbonyl (C=O) groups excluding carboxylic acids is 1. The smallest absolute Gasteiger partial charge is 0.346 e. The van der Waals surface area contributed by atoms with E-state index in [1.165, 1.54) is 11.3 Å². The van der Waals surface area contributed by atoms with Crippen molar-refractivity contribution in [2.45, 2.75) is 32.5 Å². The first-order valence-corrected chi connectivity index (χ1v) is 6.65. The molecule has 8 heteroatoms. The van der Waals surface area contributed by atoms with E-state index in [2.05, 4.69) is 10.3 Å². The maximum atomic E-state index is 11.9. The lowest BCUT2D eigenvalue weighted by Gasteiger charge is -2.12. The fraction of sp³-hybridized carbons (Fsp3) is 0.636. The van der Waals surface area contributed by atoms with Crippen LogP contribution in [-0.4, -0.2) is 30.2 Å². The van der Waals surface area contributed by atoms with Crippen molar-refractivity contribution >= 4 is 17.2 Å². The standard InChI is InChI=1S/C11H16F3N3OS/c1-3-8-4-16-10(19-8)7(2)17-9(18)5-15-6-11(12,13)14/h4,7,15H,3,5-6H2,1-2H3,(H,17,18). The predicted molar refractivity (Wildman–Crippen MR) is 67.0 cm³/mol. The summed E-state index contributed by atoms with van der Waals surface area (Å²) in [7, 11) is 0. The fourth-order valence-electron chi connectivity index (χ4n) is 1.36. The molecule has 0 bridgehead atoms. The molecule has 0 saturated carbocycles. The van der Waals surface area contributed by atoms with Gasteiger partial charge in [-0.2, -0.15) is 13.2 Å². The summed E-state index contributed by atoms with van der Waals surface area (Å²) < 4.78 is 35.6. The van der Waals surface area contributed by atoms with E-state index in [0.29, 0.717) is 0 Å². The Bertz CT molecular complexity index is 420. The van der Waals surface area contributed by atoms with Crippen LogP contribution in [0, 0.1) is 0 Å². The monoisotopic (exact) mass is 295 g/mol. The highest BCUT2D eigenvalue weighted by Crippen LogP contribution is 2.20. The fourth-order valence-corrected chi connectivity index (χ4v) is 2.22. The molecule has 1 amide bonds. The van der Waals surface area contributed by atoms with Gasteiger partial charge in [0.2, 0.25) is 5.91 Å². The number of alkyl halides is 3. The second-order valence-electron chi connectivity index (χ2n) is 4.03. The first-order chi connectivity index (χ1) is 8.81. The Morgan fingerprint density at radius 2 is 2.21 bits per heavy atom. The third-order valence-electron chi connectivity index (χ3n) is 2.28. The van der Waals surface area contributed by atoms with Gasteiger partial charge in [-0.1, -0.05) is 6.92 Å². The quantitative estimate of drug-likeness (QED) is 0.844. The number of aromatic nitrogens is 1. The number of nitrogens with one attached hydrogen (secondary N) is 2. The zero-order chi connectivity index (χ0) is 14.5. The van der Waals surface area contributed by atoms with Gasteiger partial charge in [-0.25, -0.2) is 4.98 Å². The normalized spacial score (nSPS) is 13.3. The summed E-state index contributed by atoms with van der Waals surface area (Å²) in [4.78, 5) is 16.7. The van der Waals surface area contributed by atoms with E-state index < -0.39 is 18.6 Å². The summed E-state index contributed by atoms with van der Waals surface area (Å²) in [5.41, 5.74) is 0. The molecular formula is C11H16F3N3OS. The van der Waals surface area contributed by atoms with E-state index in [-0.39, 0.29) is 12.6 Å². The molecule has 0 spiro atoms. The highest BCUT2D eigenvalue weighted by atomic mass is 32.1. The van der Waals surface area contributed by atoms with Crippen LogP contribution in [-0.2, 0) is 11.2 Å². The minimum absolute atomic E-state index is 0.300. The van der Waals surface area contributed by atoms with Gasteiger partial charge in [0.15, 0.2) is 0 Å². The van der Waals surface area contributed by atoms with E-state index in [9.17, 15) is 18.0 Å². The molecule has 0 aliphatic carbocycles. The Balaban J connectivity index is 2.35. The average molecular weight is 295 g/mol. The predicted octanol–water partition coefficient (Wildman–Crippen LogP) is 2.03. The molecule has 1 heterocycles. The van der Waals surface area contributed by atoms with Gasteiger partial charge < -0.3 is 10.6 Å². The molecule has 0 radical (unpaired) electrons. The molecule has 1 unspecified atom stereocenters. The number of rotatable bonds is 6. The van der Waals surface area contributed by atoms with Crippen molar-refractivity contribution < 1.29 is 18.0 Å². The van der Waals surface area contributed by atoms with E-state index in [0.717, 1.165) is 16.3 Å². The number of aryl methyl sites for hydroxylation is 1. The van der Waals surface area contributed by atoms with Crippen molar-refractivity contribution in [1.29, 1.82) is 0 Å². The summed E-state index contributed by atoms with van der Waals surface area (Å²) in [5.74, 6) is -0.481. The molecule has 0 saturated heterocycles. The third kappa shape index (κ3) is 6.02. The van der Waals surface area contributed by atoms with Gasteiger partial charge >= 0.3 is 6.18 Å². The van der Waals surface area contributed by atoms with Crippen LogP contribution >= 0.6 is 11.3 Å². The third-order valence-corrected chi connectivity index (χ3v) is 3.60. The number of carbonyl (C=O) groups is 1. The lowest BCUT2D eigenvalue weighted by molar-refractivity contribution is -0.128. The first kappa shape index (κ1) is 15.9. The second-order valence-corrected chi connectivity index (χ2v) is 5.17. The summed E-state index contributed by atoms with van der Waals surface area (Å²) in [5, 5.41) is 5.39. The van der Waals surface area contributed by atoms with Crippen LogP contribution in [0.4, 0.5) is 13.2 Å². The topological polar surface area (TPSA) is 54.0 Å². The molecule has 0 aliphatic rings. The van der Waals surface area contributed by atoms with Gasteiger partial charge in [-0.15, -0.1) is 11.3 Å². The van der Waals surface area contributed by atoms with Crippen LogP contribution in [0.15, 0.2) is 6.20 Å². The summed E-state index contributed by atoms with van der Waals surface area (Å²) in [6.07, 6.45) is -1.70. The molecule has 19 heavy (non-hydrogen) atoms. The lowest BCUT2D eigenvalue weighted by Crippen LogP contribution is -2.39. The minimum Gasteiger partial charge on any atom is -0.346 e. The minimum atomic E-state index is -4.31. The highest BCUT2D eigenvalue weighted by Gasteiger charge is 2.26. The van der Waals surface area contributed by atoms with Crippen LogP contribution in [0.2, 0.25) is 0 Å². The van der Waals surface area contributed by atoms with Crippen LogP contribution in [0.5, 0.6) is 0 Å². The van der Waals surface area contributed by atoms with Crippen molar-refractivity contribution in [3.05, 3.63) is 16.1 Å². The lowest BCUT2D eigenvalue weighted by atomic mass is 10.3. The van der Waals surface area contributed by atoms with E-state index in [1.807, 2.05) is 12.2 Å². The van der Waals surface area contributed by atoms with E-state index >= 15 is 0 Å². The Labute approximate surface area is 113 Å². The van der Waals surface area contributed by atoms with Crippen molar-refractivity contribution in [2.75, 3.05) is 13.1 Å². The van der Waals surface area contributed by atoms with Crippen LogP contribution in [0.3, 0.4) is 0 Å². The van der Waals surface area contributed by atoms with Crippen LogP contribution < -0.4 is 10.6 Å². The van der Waals surface area contributed by atoms with Gasteiger partial charge in [0.25, 0.3) is 0 Å². The molecule has 4 nitrogen and oxygen atoms in total. The van der Waals surface area contributed by atoms with E-state index in [1.54, 1.807) is 13.1 Å². The maximum Gasteiger partial charge on any atom is 0.401 e. The second kappa shape index (κ2) is 6.85. The Hall–Kier alpha value is -1.15. The zero-order valence-electron chi connectivity index (χ0n) is 10.7. The molecule has 0 aromatic carbocycles. The molecule has 0 fully saturated rings. The van der Waals surface area contributed by atoms with Crippen LogP contribution in [0.25, 0.3) is 0 Å². The molecule has 0 aliphatic heterocycles. The molecule has 1 rings (SSSR count). The molecular weight excluding hydrogens is 279 g/mol. The largest absolute Gasteiger partial charge is 0.401 e. The molecule has 1 atom stereocenters. The van der Waals surface area contributed by atoms with Crippen molar-refractivity contribution in [2.24, 2.45) is 0 Å². The number of amides is 1. The maximum absolute atomic E-state index is 11.9. The summed E-state index contributed by atoms with van der Waals surface area (Å²) in [6, 6.07) is -0.300. The molecule has 1 aromatic rings. The molecule has 2 N–H and O–H groups in total. The highest BCUT2D eigenvalue weighted by molar-refractivity contribution is 7.11. The zero-order valence-corrected chi connectivity index (χ0v) is 11.5. The van der Waals surface area contributed by atoms with Gasteiger partial charge in [0, 0.05) is 11.1 Å². The van der Waals surface area contributed by atoms with Gasteiger partial charge in [-0.05, 0) is 13.3 Å².